The van der Waals surface area contributed by atoms with E-state index in [1.807, 2.05) is 16.7 Å². The SMILES string of the molecule is CON=C(C(=O)NC1C(=O)N2C(C(=O)O)=C(C[n+]3cccc4ccc(O)cc43)CS[C@@H]12)c1csc(N)n1. The van der Waals surface area contributed by atoms with E-state index in [0.717, 1.165) is 22.2 Å². The molecule has 12 nitrogen and oxygen atoms in total. The van der Waals surface area contributed by atoms with Crippen LogP contribution in [0.5, 0.6) is 5.75 Å². The van der Waals surface area contributed by atoms with E-state index in [9.17, 15) is 24.6 Å². The molecule has 0 spiro atoms. The molecule has 2 aliphatic heterocycles. The van der Waals surface area contributed by atoms with Gasteiger partial charge in [0.05, 0.1) is 6.07 Å². The van der Waals surface area contributed by atoms with Crippen LogP contribution in [0.25, 0.3) is 10.9 Å². The van der Waals surface area contributed by atoms with Crippen LogP contribution in [-0.4, -0.2) is 67.9 Å². The maximum Gasteiger partial charge on any atom is 0.352 e. The van der Waals surface area contributed by atoms with Crippen LogP contribution in [0.3, 0.4) is 0 Å². The number of nitrogens with one attached hydrogen (secondary N) is 1. The van der Waals surface area contributed by atoms with E-state index >= 15 is 0 Å². The maximum absolute atomic E-state index is 13.1. The maximum atomic E-state index is 13.1. The number of aromatic nitrogens is 2. The highest BCUT2D eigenvalue weighted by atomic mass is 32.2. The standard InChI is InChI=1S/C23H20N6O6S2/c1-35-27-16(14-10-37-23(24)25-14)19(31)26-17-20(32)29-18(22(33)34)12(9-36-21(17)29)8-28-6-2-3-11-4-5-13(30)7-15(11)28/h2-7,10,17,21H,8-9H2,1H3,(H4,24,25,26,31,33,34)/p+1/t17?,21-/m0/s1. The van der Waals surface area contributed by atoms with E-state index in [1.54, 1.807) is 29.8 Å². The Labute approximate surface area is 218 Å². The lowest BCUT2D eigenvalue weighted by molar-refractivity contribution is -0.663. The predicted octanol–water partition coefficient (Wildman–Crippen LogP) is 0.661. The number of carboxylic acid groups (broad SMARTS) is 1. The first-order valence-corrected chi connectivity index (χ1v) is 12.9. The molecule has 1 fully saturated rings. The van der Waals surface area contributed by atoms with Gasteiger partial charge < -0.3 is 26.1 Å². The van der Waals surface area contributed by atoms with Gasteiger partial charge in [-0.15, -0.1) is 23.1 Å². The Morgan fingerprint density at radius 1 is 1.38 bits per heavy atom. The number of phenolic OH excluding ortho intramolecular Hbond substituents is 1. The molecule has 0 bridgehead atoms. The summed E-state index contributed by atoms with van der Waals surface area (Å²) in [6.07, 6.45) is 1.79. The minimum atomic E-state index is -1.23. The van der Waals surface area contributed by atoms with Gasteiger partial charge in [-0.2, -0.15) is 4.57 Å². The summed E-state index contributed by atoms with van der Waals surface area (Å²) in [5, 5.41) is 28.3. The molecule has 2 amide bonds. The molecule has 0 saturated carbocycles. The minimum absolute atomic E-state index is 0.0891. The fourth-order valence-electron chi connectivity index (χ4n) is 4.30. The van der Waals surface area contributed by atoms with E-state index in [0.29, 0.717) is 11.3 Å². The third-order valence-electron chi connectivity index (χ3n) is 5.93. The number of carbonyl (C=O) groups excluding carboxylic acids is 2. The largest absolute Gasteiger partial charge is 0.508 e. The van der Waals surface area contributed by atoms with Crippen LogP contribution in [0.15, 0.2) is 58.3 Å². The molecule has 1 saturated heterocycles. The Morgan fingerprint density at radius 2 is 2.19 bits per heavy atom. The second-order valence-electron chi connectivity index (χ2n) is 8.19. The summed E-state index contributed by atoms with van der Waals surface area (Å²) in [5.74, 6) is -2.06. The number of benzene rings is 1. The molecule has 14 heteroatoms. The molecule has 0 radical (unpaired) electrons. The summed E-state index contributed by atoms with van der Waals surface area (Å²) >= 11 is 2.47. The van der Waals surface area contributed by atoms with Crippen molar-refractivity contribution in [3.8, 4) is 5.75 Å². The molecule has 5 N–H and O–H groups in total. The van der Waals surface area contributed by atoms with Crippen molar-refractivity contribution in [1.82, 2.24) is 15.2 Å². The zero-order valence-electron chi connectivity index (χ0n) is 19.3. The molecule has 190 valence electrons. The summed E-state index contributed by atoms with van der Waals surface area (Å²) in [6.45, 7) is 0.207. The Morgan fingerprint density at radius 3 is 2.89 bits per heavy atom. The Bertz CT molecular complexity index is 1500. The predicted molar refractivity (Wildman–Crippen MR) is 136 cm³/mol. The highest BCUT2D eigenvalue weighted by molar-refractivity contribution is 8.00. The number of nitrogen functional groups attached to an aromatic ring is 1. The van der Waals surface area contributed by atoms with Gasteiger partial charge in [0.15, 0.2) is 23.6 Å². The molecule has 1 unspecified atom stereocenters. The fourth-order valence-corrected chi connectivity index (χ4v) is 6.19. The molecule has 37 heavy (non-hydrogen) atoms. The van der Waals surface area contributed by atoms with E-state index in [-0.39, 0.29) is 34.5 Å². The average molecular weight is 542 g/mol. The molecule has 0 aliphatic carbocycles. The zero-order chi connectivity index (χ0) is 26.3. The van der Waals surface area contributed by atoms with Crippen molar-refractivity contribution >= 4 is 62.6 Å². The molecule has 1 aromatic carbocycles. The van der Waals surface area contributed by atoms with Crippen molar-refractivity contribution in [3.05, 3.63) is 58.9 Å². The van der Waals surface area contributed by atoms with Gasteiger partial charge in [-0.05, 0) is 18.2 Å². The van der Waals surface area contributed by atoms with Crippen molar-refractivity contribution in [2.24, 2.45) is 5.16 Å². The first kappa shape index (κ1) is 24.5. The van der Waals surface area contributed by atoms with Crippen LogP contribution in [-0.2, 0) is 25.8 Å². The normalized spacial score (nSPS) is 19.4. The quantitative estimate of drug-likeness (QED) is 0.145. The molecule has 4 heterocycles. The third kappa shape index (κ3) is 4.44. The first-order chi connectivity index (χ1) is 17.8. The van der Waals surface area contributed by atoms with Crippen LogP contribution in [0.1, 0.15) is 5.69 Å². The lowest BCUT2D eigenvalue weighted by Crippen LogP contribution is -2.71. The van der Waals surface area contributed by atoms with E-state index in [4.69, 9.17) is 10.6 Å². The third-order valence-corrected chi connectivity index (χ3v) is 7.94. The lowest BCUT2D eigenvalue weighted by Gasteiger charge is -2.49. The molecule has 2 aliphatic rings. The highest BCUT2D eigenvalue weighted by Crippen LogP contribution is 2.40. The van der Waals surface area contributed by atoms with Crippen molar-refractivity contribution in [2.75, 3.05) is 18.6 Å². The van der Waals surface area contributed by atoms with Gasteiger partial charge in [0, 0.05) is 28.2 Å². The number of pyridine rings is 1. The number of thioether (sulfide) groups is 1. The summed E-state index contributed by atoms with van der Waals surface area (Å²) in [4.78, 5) is 48.3. The van der Waals surface area contributed by atoms with Gasteiger partial charge in [-0.25, -0.2) is 9.78 Å². The number of nitrogens with zero attached hydrogens (tertiary/aromatic N) is 4. The van der Waals surface area contributed by atoms with Crippen LogP contribution < -0.4 is 15.6 Å². The second kappa shape index (κ2) is 9.71. The number of amides is 2. The van der Waals surface area contributed by atoms with Gasteiger partial charge in [0.2, 0.25) is 5.52 Å². The average Bonchev–Trinajstić information content (AvgIpc) is 3.31. The van der Waals surface area contributed by atoms with E-state index in [1.165, 1.54) is 23.8 Å². The van der Waals surface area contributed by atoms with Gasteiger partial charge in [-0.3, -0.25) is 14.5 Å². The molecule has 2 aromatic heterocycles. The Hall–Kier alpha value is -4.17. The molecular weight excluding hydrogens is 520 g/mol. The molecule has 3 aromatic rings. The fraction of sp³-hybridized carbons (Fsp3) is 0.217. The number of aliphatic carboxylic acids is 1. The van der Waals surface area contributed by atoms with Crippen molar-refractivity contribution in [1.29, 1.82) is 0 Å². The van der Waals surface area contributed by atoms with Gasteiger partial charge >= 0.3 is 5.97 Å². The number of phenols is 1. The number of rotatable bonds is 7. The molecular formula is C23H21N6O6S2+. The van der Waals surface area contributed by atoms with Crippen LogP contribution in [0, 0.1) is 0 Å². The highest BCUT2D eigenvalue weighted by Gasteiger charge is 2.54. The second-order valence-corrected chi connectivity index (χ2v) is 10.2. The number of fused-ring (bicyclic) bond motifs is 2. The summed E-state index contributed by atoms with van der Waals surface area (Å²) in [7, 11) is 1.27. The van der Waals surface area contributed by atoms with E-state index < -0.39 is 29.2 Å². The number of carboxylic acids is 1. The van der Waals surface area contributed by atoms with Crippen molar-refractivity contribution < 1.29 is 34.0 Å². The summed E-state index contributed by atoms with van der Waals surface area (Å²) in [5.41, 5.74) is 6.86. The number of hydrogen-bond acceptors (Lipinski definition) is 10. The number of thiazole rings is 1. The number of aromatic hydroxyl groups is 1. The number of β-lactam (4-membered cyclic amide) rings is 1. The number of nitrogens with two attached hydrogens (primary N) is 1. The number of anilines is 1. The van der Waals surface area contributed by atoms with Crippen molar-refractivity contribution in [3.63, 3.8) is 0 Å². The smallest absolute Gasteiger partial charge is 0.352 e. The number of carbonyl (C=O) groups is 3. The lowest BCUT2D eigenvalue weighted by atomic mass is 10.0. The minimum Gasteiger partial charge on any atom is -0.508 e. The summed E-state index contributed by atoms with van der Waals surface area (Å²) < 4.78 is 1.82. The molecule has 2 atom stereocenters. The van der Waals surface area contributed by atoms with Gasteiger partial charge in [0.1, 0.15) is 35.7 Å². The zero-order valence-corrected chi connectivity index (χ0v) is 21.0. The van der Waals surface area contributed by atoms with Crippen molar-refractivity contribution in [2.45, 2.75) is 18.0 Å². The van der Waals surface area contributed by atoms with Crippen LogP contribution >= 0.6 is 23.1 Å². The van der Waals surface area contributed by atoms with E-state index in [2.05, 4.69) is 15.5 Å². The van der Waals surface area contributed by atoms with Gasteiger partial charge in [-0.1, -0.05) is 5.16 Å². The first-order valence-electron chi connectivity index (χ1n) is 10.9. The van der Waals surface area contributed by atoms with Crippen LogP contribution in [0.4, 0.5) is 5.13 Å². The monoisotopic (exact) mass is 541 g/mol. The Kier molecular flexibility index (Phi) is 6.43. The summed E-state index contributed by atoms with van der Waals surface area (Å²) in [6, 6.07) is 7.71. The topological polar surface area (TPSA) is 171 Å². The van der Waals surface area contributed by atoms with Gasteiger partial charge in [0.25, 0.3) is 11.8 Å². The molecule has 5 rings (SSSR count). The Balaban J connectivity index is 1.39. The number of oxime groups is 1. The van der Waals surface area contributed by atoms with Crippen LogP contribution in [0.2, 0.25) is 0 Å². The number of hydrogen-bond donors (Lipinski definition) is 4.